The van der Waals surface area contributed by atoms with Crippen molar-refractivity contribution in [3.8, 4) is 5.75 Å². The average molecular weight is 285 g/mol. The molecule has 2 aliphatic heterocycles. The van der Waals surface area contributed by atoms with Crippen LogP contribution in [0.4, 0.5) is 0 Å². The van der Waals surface area contributed by atoms with E-state index in [1.165, 1.54) is 0 Å². The van der Waals surface area contributed by atoms with Gasteiger partial charge in [0.2, 0.25) is 5.96 Å². The fraction of sp³-hybridized carbons (Fsp3) is 0.0769. The van der Waals surface area contributed by atoms with Gasteiger partial charge in [-0.1, -0.05) is 30.4 Å². The van der Waals surface area contributed by atoms with Crippen LogP contribution in [0, 0.1) is 0 Å². The third kappa shape index (κ3) is 1.93. The summed E-state index contributed by atoms with van der Waals surface area (Å²) in [6, 6.07) is 6.30. The van der Waals surface area contributed by atoms with Gasteiger partial charge >= 0.3 is 0 Å². The van der Waals surface area contributed by atoms with Gasteiger partial charge in [-0.2, -0.15) is 4.99 Å². The first-order chi connectivity index (χ1) is 9.58. The summed E-state index contributed by atoms with van der Waals surface area (Å²) in [6.45, 7) is 0. The van der Waals surface area contributed by atoms with Crippen molar-refractivity contribution in [3.05, 3.63) is 41.0 Å². The molecule has 1 unspecified atom stereocenters. The number of benzene rings is 1. The third-order valence-electron chi connectivity index (χ3n) is 3.10. The molecule has 3 rings (SSSR count). The predicted molar refractivity (Wildman–Crippen MR) is 82.2 cm³/mol. The van der Waals surface area contributed by atoms with Crippen molar-refractivity contribution >= 4 is 35.2 Å². The van der Waals surface area contributed by atoms with Crippen LogP contribution in [0.25, 0.3) is 0 Å². The maximum absolute atomic E-state index is 9.89. The molecule has 6 nitrogen and oxygen atoms in total. The second kappa shape index (κ2) is 4.62. The van der Waals surface area contributed by atoms with E-state index in [4.69, 9.17) is 23.7 Å². The number of aliphatic imine (C=N–C) groups is 3. The van der Waals surface area contributed by atoms with Gasteiger partial charge in [0.15, 0.2) is 5.84 Å². The van der Waals surface area contributed by atoms with Crippen LogP contribution in [0.15, 0.2) is 50.4 Å². The minimum absolute atomic E-state index is 0.0864. The van der Waals surface area contributed by atoms with E-state index in [0.29, 0.717) is 27.5 Å². The Morgan fingerprint density at radius 1 is 1.20 bits per heavy atom. The molecule has 0 spiro atoms. The highest BCUT2D eigenvalue weighted by atomic mass is 32.1. The van der Waals surface area contributed by atoms with Crippen molar-refractivity contribution in [2.45, 2.75) is 6.04 Å². The summed E-state index contributed by atoms with van der Waals surface area (Å²) >= 11 is 5.20. The lowest BCUT2D eigenvalue weighted by atomic mass is 9.95. The number of fused-ring (bicyclic) bond motifs is 1. The largest absolute Gasteiger partial charge is 0.508 e. The van der Waals surface area contributed by atoms with E-state index < -0.39 is 6.04 Å². The van der Waals surface area contributed by atoms with Crippen molar-refractivity contribution in [3.63, 3.8) is 0 Å². The van der Waals surface area contributed by atoms with Gasteiger partial charge in [-0.25, -0.2) is 9.98 Å². The summed E-state index contributed by atoms with van der Waals surface area (Å²) in [5, 5.41) is 9.89. The molecule has 5 N–H and O–H groups in total. The molecular weight excluding hydrogens is 274 g/mol. The zero-order chi connectivity index (χ0) is 14.3. The van der Waals surface area contributed by atoms with E-state index >= 15 is 0 Å². The SMILES string of the molecule is NC1=NC(=S)C2=C(C(N)c3ccccc3O)C=NC2=N1. The van der Waals surface area contributed by atoms with Crippen LogP contribution in [0.1, 0.15) is 11.6 Å². The smallest absolute Gasteiger partial charge is 0.223 e. The van der Waals surface area contributed by atoms with E-state index in [9.17, 15) is 5.11 Å². The fourth-order valence-corrected chi connectivity index (χ4v) is 2.44. The topological polar surface area (TPSA) is 109 Å². The molecule has 1 aromatic carbocycles. The lowest BCUT2D eigenvalue weighted by Gasteiger charge is -2.16. The molecule has 0 saturated heterocycles. The summed E-state index contributed by atoms with van der Waals surface area (Å²) in [5.74, 6) is 0.628. The summed E-state index contributed by atoms with van der Waals surface area (Å²) in [6.07, 6.45) is 1.59. The highest BCUT2D eigenvalue weighted by Gasteiger charge is 2.29. The van der Waals surface area contributed by atoms with Gasteiger partial charge in [0, 0.05) is 17.4 Å². The van der Waals surface area contributed by atoms with Gasteiger partial charge in [0.05, 0.1) is 11.6 Å². The number of phenols is 1. The van der Waals surface area contributed by atoms with Gasteiger partial charge in [-0.3, -0.25) is 0 Å². The zero-order valence-electron chi connectivity index (χ0n) is 10.3. The number of thiocarbonyl (C=S) groups is 1. The lowest BCUT2D eigenvalue weighted by molar-refractivity contribution is 0.465. The van der Waals surface area contributed by atoms with E-state index in [2.05, 4.69) is 15.0 Å². The molecule has 0 aromatic heterocycles. The molecule has 0 aliphatic carbocycles. The molecule has 7 heteroatoms. The quantitative estimate of drug-likeness (QED) is 0.699. The normalized spacial score (nSPS) is 18.8. The Hall–Kier alpha value is -2.38. The number of rotatable bonds is 2. The second-order valence-electron chi connectivity index (χ2n) is 4.34. The average Bonchev–Trinajstić information content (AvgIpc) is 2.82. The molecule has 0 fully saturated rings. The van der Waals surface area contributed by atoms with Crippen molar-refractivity contribution in [2.24, 2.45) is 26.4 Å². The van der Waals surface area contributed by atoms with Crippen molar-refractivity contribution in [1.29, 1.82) is 0 Å². The van der Waals surface area contributed by atoms with Gasteiger partial charge in [0.25, 0.3) is 0 Å². The van der Waals surface area contributed by atoms with Crippen LogP contribution in [-0.2, 0) is 0 Å². The van der Waals surface area contributed by atoms with E-state index in [1.54, 1.807) is 30.5 Å². The molecule has 1 atom stereocenters. The number of nitrogens with two attached hydrogens (primary N) is 2. The Morgan fingerprint density at radius 2 is 1.95 bits per heavy atom. The van der Waals surface area contributed by atoms with Crippen LogP contribution in [0.2, 0.25) is 0 Å². The van der Waals surface area contributed by atoms with E-state index in [-0.39, 0.29) is 11.7 Å². The minimum atomic E-state index is -0.560. The fourth-order valence-electron chi connectivity index (χ4n) is 2.14. The summed E-state index contributed by atoms with van der Waals surface area (Å²) < 4.78 is 0. The molecular formula is C13H11N5OS. The molecule has 0 amide bonds. The number of para-hydroxylation sites is 1. The summed E-state index contributed by atoms with van der Waals surface area (Å²) in [4.78, 5) is 12.5. The van der Waals surface area contributed by atoms with Crippen LogP contribution in [0.5, 0.6) is 5.75 Å². The van der Waals surface area contributed by atoms with E-state index in [1.807, 2.05) is 0 Å². The predicted octanol–water partition coefficient (Wildman–Crippen LogP) is 0.827. The number of hydrogen-bond acceptors (Lipinski definition) is 6. The standard InChI is InChI=1S/C13H11N5OS/c14-10(6-3-1-2-4-8(6)19)7-5-16-11-9(7)12(20)18-13(15)17-11/h1-5,10,19H,14H2,(H2,15,18,20). The first-order valence-electron chi connectivity index (χ1n) is 5.87. The molecule has 20 heavy (non-hydrogen) atoms. The second-order valence-corrected chi connectivity index (χ2v) is 4.72. The van der Waals surface area contributed by atoms with Crippen LogP contribution >= 0.6 is 12.2 Å². The number of phenolic OH excluding ortho intramolecular Hbond substituents is 1. The summed E-state index contributed by atoms with van der Waals surface area (Å²) in [7, 11) is 0. The first-order valence-corrected chi connectivity index (χ1v) is 6.28. The maximum Gasteiger partial charge on any atom is 0.223 e. The minimum Gasteiger partial charge on any atom is -0.508 e. The number of guanidine groups is 1. The number of hydrogen-bond donors (Lipinski definition) is 3. The Bertz CT molecular complexity index is 732. The Balaban J connectivity index is 2.08. The van der Waals surface area contributed by atoms with Gasteiger partial charge in [0.1, 0.15) is 10.7 Å². The van der Waals surface area contributed by atoms with Crippen molar-refractivity contribution < 1.29 is 5.11 Å². The maximum atomic E-state index is 9.89. The van der Waals surface area contributed by atoms with Crippen molar-refractivity contribution in [1.82, 2.24) is 0 Å². The lowest BCUT2D eigenvalue weighted by Crippen LogP contribution is -2.24. The molecule has 0 bridgehead atoms. The number of nitrogens with zero attached hydrogens (tertiary/aromatic N) is 3. The first kappa shape index (κ1) is 12.6. The van der Waals surface area contributed by atoms with Gasteiger partial charge in [-0.05, 0) is 6.07 Å². The van der Waals surface area contributed by atoms with Gasteiger partial charge in [-0.15, -0.1) is 0 Å². The highest BCUT2D eigenvalue weighted by molar-refractivity contribution is 7.81. The summed E-state index contributed by atoms with van der Waals surface area (Å²) in [5.41, 5.74) is 13.6. The monoisotopic (exact) mass is 285 g/mol. The van der Waals surface area contributed by atoms with Crippen LogP contribution in [0.3, 0.4) is 0 Å². The molecule has 1 aromatic rings. The van der Waals surface area contributed by atoms with Crippen LogP contribution in [-0.4, -0.2) is 28.1 Å². The molecule has 2 aliphatic rings. The molecule has 0 radical (unpaired) electrons. The molecule has 2 heterocycles. The van der Waals surface area contributed by atoms with Crippen LogP contribution < -0.4 is 11.5 Å². The Kier molecular flexibility index (Phi) is 2.92. The van der Waals surface area contributed by atoms with Gasteiger partial charge < -0.3 is 16.6 Å². The Labute approximate surface area is 120 Å². The number of aromatic hydroxyl groups is 1. The molecule has 0 saturated carbocycles. The van der Waals surface area contributed by atoms with E-state index in [0.717, 1.165) is 0 Å². The van der Waals surface area contributed by atoms with Crippen molar-refractivity contribution in [2.75, 3.05) is 0 Å². The zero-order valence-corrected chi connectivity index (χ0v) is 11.1. The Morgan fingerprint density at radius 3 is 2.70 bits per heavy atom. The number of amidine groups is 1. The highest BCUT2D eigenvalue weighted by Crippen LogP contribution is 2.31. The molecule has 100 valence electrons. The third-order valence-corrected chi connectivity index (χ3v) is 3.39.